The Morgan fingerprint density at radius 3 is 2.71 bits per heavy atom. The van der Waals surface area contributed by atoms with Gasteiger partial charge in [-0.3, -0.25) is 0 Å². The minimum absolute atomic E-state index is 0.250. The molecule has 0 amide bonds. The third-order valence-electron chi connectivity index (χ3n) is 2.98. The number of carboxylic acids is 1. The van der Waals surface area contributed by atoms with Crippen LogP contribution in [0.4, 0.5) is 0 Å². The highest BCUT2D eigenvalue weighted by Crippen LogP contribution is 2.33. The number of rotatable bonds is 4. The van der Waals surface area contributed by atoms with Crippen LogP contribution in [0.15, 0.2) is 48.1 Å². The van der Waals surface area contributed by atoms with Gasteiger partial charge in [-0.05, 0) is 31.6 Å². The van der Waals surface area contributed by atoms with Crippen molar-refractivity contribution in [2.45, 2.75) is 33.1 Å². The standard InChI is InChI=1S/C15H20O2/c1-13(7-6-8-14(16)17)9-12-15(2)10-4-3-5-11-15/h3-4,6-9,12H,5,10-11H2,1-2H3,(H,16,17)/b8-6+,12-9+,13-7-/t15-/m0/s1. The predicted octanol–water partition coefficient (Wildman–Crippen LogP) is 3.88. The van der Waals surface area contributed by atoms with E-state index in [-0.39, 0.29) is 5.41 Å². The zero-order chi connectivity index (χ0) is 12.7. The van der Waals surface area contributed by atoms with Crippen molar-refractivity contribution in [2.24, 2.45) is 5.41 Å². The minimum Gasteiger partial charge on any atom is -0.478 e. The Morgan fingerprint density at radius 1 is 1.35 bits per heavy atom. The highest BCUT2D eigenvalue weighted by Gasteiger charge is 2.20. The fourth-order valence-electron chi connectivity index (χ4n) is 1.81. The first-order valence-corrected chi connectivity index (χ1v) is 5.94. The molecule has 0 bridgehead atoms. The van der Waals surface area contributed by atoms with Gasteiger partial charge >= 0.3 is 5.97 Å². The van der Waals surface area contributed by atoms with Gasteiger partial charge < -0.3 is 5.11 Å². The van der Waals surface area contributed by atoms with Crippen LogP contribution < -0.4 is 0 Å². The van der Waals surface area contributed by atoms with Crippen molar-refractivity contribution in [1.29, 1.82) is 0 Å². The monoisotopic (exact) mass is 232 g/mol. The van der Waals surface area contributed by atoms with Crippen molar-refractivity contribution in [2.75, 3.05) is 0 Å². The van der Waals surface area contributed by atoms with E-state index in [0.717, 1.165) is 24.5 Å². The van der Waals surface area contributed by atoms with E-state index >= 15 is 0 Å². The first-order valence-electron chi connectivity index (χ1n) is 5.94. The van der Waals surface area contributed by atoms with Crippen molar-refractivity contribution in [3.05, 3.63) is 48.1 Å². The van der Waals surface area contributed by atoms with Gasteiger partial charge in [-0.2, -0.15) is 0 Å². The highest BCUT2D eigenvalue weighted by molar-refractivity contribution is 5.80. The molecule has 0 spiro atoms. The minimum atomic E-state index is -0.914. The molecule has 1 aliphatic carbocycles. The fraction of sp³-hybridized carbons (Fsp3) is 0.400. The number of hydrogen-bond acceptors (Lipinski definition) is 1. The lowest BCUT2D eigenvalue weighted by molar-refractivity contribution is -0.131. The van der Waals surface area contributed by atoms with Crippen molar-refractivity contribution in [3.8, 4) is 0 Å². The molecule has 1 N–H and O–H groups in total. The second kappa shape index (κ2) is 6.24. The summed E-state index contributed by atoms with van der Waals surface area (Å²) in [5.41, 5.74) is 1.32. The predicted molar refractivity (Wildman–Crippen MR) is 70.8 cm³/mol. The van der Waals surface area contributed by atoms with Crippen molar-refractivity contribution in [3.63, 3.8) is 0 Å². The van der Waals surface area contributed by atoms with Crippen LogP contribution in [0.3, 0.4) is 0 Å². The third-order valence-corrected chi connectivity index (χ3v) is 2.98. The zero-order valence-corrected chi connectivity index (χ0v) is 10.5. The summed E-state index contributed by atoms with van der Waals surface area (Å²) in [6, 6.07) is 0. The molecule has 0 aromatic carbocycles. The molecule has 2 heteroatoms. The van der Waals surface area contributed by atoms with Gasteiger partial charge in [0.25, 0.3) is 0 Å². The van der Waals surface area contributed by atoms with Crippen molar-refractivity contribution >= 4 is 5.97 Å². The molecule has 0 aliphatic heterocycles. The van der Waals surface area contributed by atoms with Crippen LogP contribution in [-0.2, 0) is 4.79 Å². The Bertz CT molecular complexity index is 386. The highest BCUT2D eigenvalue weighted by atomic mass is 16.4. The summed E-state index contributed by atoms with van der Waals surface area (Å²) in [4.78, 5) is 10.3. The molecule has 0 aromatic heterocycles. The van der Waals surface area contributed by atoms with Crippen molar-refractivity contribution < 1.29 is 9.90 Å². The second-order valence-corrected chi connectivity index (χ2v) is 4.81. The molecule has 92 valence electrons. The largest absolute Gasteiger partial charge is 0.478 e. The van der Waals surface area contributed by atoms with Gasteiger partial charge in [-0.15, -0.1) is 0 Å². The summed E-state index contributed by atoms with van der Waals surface area (Å²) < 4.78 is 0. The summed E-state index contributed by atoms with van der Waals surface area (Å²) in [7, 11) is 0. The molecule has 0 saturated carbocycles. The van der Waals surface area contributed by atoms with Crippen LogP contribution in [0, 0.1) is 5.41 Å². The van der Waals surface area contributed by atoms with Crippen LogP contribution in [0.25, 0.3) is 0 Å². The smallest absolute Gasteiger partial charge is 0.328 e. The van der Waals surface area contributed by atoms with Crippen LogP contribution in [0.2, 0.25) is 0 Å². The van der Waals surface area contributed by atoms with Gasteiger partial charge in [0.15, 0.2) is 0 Å². The molecule has 0 unspecified atom stereocenters. The molecule has 0 heterocycles. The number of carbonyl (C=O) groups is 1. The summed E-state index contributed by atoms with van der Waals surface area (Å²) >= 11 is 0. The summed E-state index contributed by atoms with van der Waals surface area (Å²) in [5.74, 6) is -0.914. The average Bonchev–Trinajstić information content (AvgIpc) is 2.27. The molecule has 1 aliphatic rings. The summed E-state index contributed by atoms with van der Waals surface area (Å²) in [6.07, 6.45) is 16.7. The Hall–Kier alpha value is -1.57. The van der Waals surface area contributed by atoms with Gasteiger partial charge in [-0.25, -0.2) is 4.79 Å². The lowest BCUT2D eigenvalue weighted by Gasteiger charge is -2.26. The quantitative estimate of drug-likeness (QED) is 0.454. The SMILES string of the molecule is CC(=C/C=C/C(=O)O)/C=C/[C@@]1(C)CC=CCC1. The molecule has 17 heavy (non-hydrogen) atoms. The molecular formula is C15H20O2. The van der Waals surface area contributed by atoms with Gasteiger partial charge in [0.2, 0.25) is 0 Å². The molecule has 2 nitrogen and oxygen atoms in total. The van der Waals surface area contributed by atoms with E-state index in [1.807, 2.05) is 13.0 Å². The van der Waals surface area contributed by atoms with Gasteiger partial charge in [0, 0.05) is 6.08 Å². The molecule has 1 atom stereocenters. The Morgan fingerprint density at radius 2 is 2.12 bits per heavy atom. The van der Waals surface area contributed by atoms with E-state index in [1.54, 1.807) is 6.08 Å². The molecule has 0 fully saturated rings. The van der Waals surface area contributed by atoms with E-state index in [1.165, 1.54) is 6.42 Å². The lowest BCUT2D eigenvalue weighted by Crippen LogP contribution is -2.14. The molecule has 1 rings (SSSR count). The van der Waals surface area contributed by atoms with Crippen molar-refractivity contribution in [1.82, 2.24) is 0 Å². The van der Waals surface area contributed by atoms with E-state index < -0.39 is 5.97 Å². The zero-order valence-electron chi connectivity index (χ0n) is 10.5. The maximum atomic E-state index is 10.3. The van der Waals surface area contributed by atoms with Crippen LogP contribution in [0.5, 0.6) is 0 Å². The lowest BCUT2D eigenvalue weighted by atomic mass is 9.78. The number of allylic oxidation sites excluding steroid dienone is 7. The Balaban J connectivity index is 2.58. The second-order valence-electron chi connectivity index (χ2n) is 4.81. The van der Waals surface area contributed by atoms with E-state index in [2.05, 4.69) is 31.2 Å². The number of hydrogen-bond donors (Lipinski definition) is 1. The van der Waals surface area contributed by atoms with E-state index in [9.17, 15) is 4.79 Å². The average molecular weight is 232 g/mol. The Kier molecular flexibility index (Phi) is 4.95. The molecular weight excluding hydrogens is 212 g/mol. The van der Waals surface area contributed by atoms with Crippen LogP contribution in [-0.4, -0.2) is 11.1 Å². The maximum Gasteiger partial charge on any atom is 0.328 e. The van der Waals surface area contributed by atoms with Crippen LogP contribution >= 0.6 is 0 Å². The van der Waals surface area contributed by atoms with Crippen LogP contribution in [0.1, 0.15) is 33.1 Å². The summed E-state index contributed by atoms with van der Waals surface area (Å²) in [5, 5.41) is 8.46. The topological polar surface area (TPSA) is 37.3 Å². The van der Waals surface area contributed by atoms with Gasteiger partial charge in [0.05, 0.1) is 0 Å². The van der Waals surface area contributed by atoms with E-state index in [0.29, 0.717) is 0 Å². The number of aliphatic carboxylic acids is 1. The number of carboxylic acid groups (broad SMARTS) is 1. The molecule has 0 saturated heterocycles. The normalized spacial score (nSPS) is 25.9. The van der Waals surface area contributed by atoms with Gasteiger partial charge in [-0.1, -0.05) is 49.0 Å². The Labute approximate surface area is 103 Å². The third kappa shape index (κ3) is 5.34. The maximum absolute atomic E-state index is 10.3. The first-order chi connectivity index (χ1) is 8.02. The van der Waals surface area contributed by atoms with Gasteiger partial charge in [0.1, 0.15) is 0 Å². The molecule has 0 radical (unpaired) electrons. The summed E-state index contributed by atoms with van der Waals surface area (Å²) in [6.45, 7) is 4.23. The first kappa shape index (κ1) is 13.5. The van der Waals surface area contributed by atoms with E-state index in [4.69, 9.17) is 5.11 Å². The molecule has 0 aromatic rings. The fourth-order valence-corrected chi connectivity index (χ4v) is 1.81.